The van der Waals surface area contributed by atoms with Crippen LogP contribution in [0.15, 0.2) is 18.2 Å². The van der Waals surface area contributed by atoms with Crippen molar-refractivity contribution < 1.29 is 14.3 Å². The molecule has 0 aromatic heterocycles. The largest absolute Gasteiger partial charge is 0.496 e. The summed E-state index contributed by atoms with van der Waals surface area (Å²) in [5.74, 6) is 0.357. The Morgan fingerprint density at radius 2 is 2.25 bits per heavy atom. The van der Waals surface area contributed by atoms with Crippen molar-refractivity contribution in [1.29, 1.82) is 0 Å². The molecule has 3 heteroatoms. The van der Waals surface area contributed by atoms with Crippen LogP contribution in [0.5, 0.6) is 5.75 Å². The molecule has 0 saturated heterocycles. The highest BCUT2D eigenvalue weighted by Gasteiger charge is 2.33. The fraction of sp³-hybridized carbons (Fsp3) is 0.462. The third kappa shape index (κ3) is 1.77. The van der Waals surface area contributed by atoms with Crippen molar-refractivity contribution in [2.75, 3.05) is 7.11 Å². The predicted octanol–water partition coefficient (Wildman–Crippen LogP) is 3.10. The van der Waals surface area contributed by atoms with Crippen LogP contribution in [0.25, 0.3) is 0 Å². The quantitative estimate of drug-likeness (QED) is 0.731. The zero-order chi connectivity index (χ0) is 11.5. The van der Waals surface area contributed by atoms with E-state index in [-0.39, 0.29) is 12.1 Å². The first kappa shape index (κ1) is 11.0. The highest BCUT2D eigenvalue weighted by atomic mass is 16.6. The van der Waals surface area contributed by atoms with Crippen LogP contribution in [-0.4, -0.2) is 13.1 Å². The van der Waals surface area contributed by atoms with E-state index in [0.29, 0.717) is 11.3 Å². The van der Waals surface area contributed by atoms with Crippen molar-refractivity contribution in [3.63, 3.8) is 0 Å². The lowest BCUT2D eigenvalue weighted by Gasteiger charge is -2.09. The van der Waals surface area contributed by atoms with Crippen LogP contribution in [0.3, 0.4) is 0 Å². The number of fused-ring (bicyclic) bond motifs is 1. The summed E-state index contributed by atoms with van der Waals surface area (Å²) in [6, 6.07) is 5.64. The van der Waals surface area contributed by atoms with E-state index in [1.807, 2.05) is 12.1 Å². The molecule has 3 nitrogen and oxygen atoms in total. The summed E-state index contributed by atoms with van der Waals surface area (Å²) in [7, 11) is 1.57. The fourth-order valence-corrected chi connectivity index (χ4v) is 2.06. The first-order valence-electron chi connectivity index (χ1n) is 5.65. The number of rotatable bonds is 4. The van der Waals surface area contributed by atoms with Gasteiger partial charge in [0.1, 0.15) is 17.4 Å². The van der Waals surface area contributed by atoms with E-state index in [2.05, 4.69) is 6.92 Å². The number of unbranched alkanes of at least 4 members (excludes halogenated alkanes) is 1. The molecule has 0 saturated carbocycles. The van der Waals surface area contributed by atoms with Gasteiger partial charge in [-0.2, -0.15) is 0 Å². The van der Waals surface area contributed by atoms with Crippen molar-refractivity contribution in [1.82, 2.24) is 0 Å². The molecule has 0 spiro atoms. The normalized spacial score (nSPS) is 18.1. The Labute approximate surface area is 95.4 Å². The Kier molecular flexibility index (Phi) is 3.13. The van der Waals surface area contributed by atoms with Crippen LogP contribution in [-0.2, 0) is 4.74 Å². The molecule has 0 fully saturated rings. The molecule has 1 atom stereocenters. The third-order valence-electron chi connectivity index (χ3n) is 2.90. The molecular formula is C13H16O3. The van der Waals surface area contributed by atoms with Gasteiger partial charge < -0.3 is 9.47 Å². The van der Waals surface area contributed by atoms with Crippen LogP contribution in [0.4, 0.5) is 0 Å². The summed E-state index contributed by atoms with van der Waals surface area (Å²) < 4.78 is 10.5. The number of esters is 1. The summed E-state index contributed by atoms with van der Waals surface area (Å²) >= 11 is 0. The Hall–Kier alpha value is -1.51. The van der Waals surface area contributed by atoms with Crippen LogP contribution >= 0.6 is 0 Å². The maximum Gasteiger partial charge on any atom is 0.342 e. The van der Waals surface area contributed by atoms with E-state index in [1.165, 1.54) is 0 Å². The first-order chi connectivity index (χ1) is 7.77. The number of hydrogen-bond donors (Lipinski definition) is 0. The monoisotopic (exact) mass is 220 g/mol. The Bertz CT molecular complexity index is 398. The van der Waals surface area contributed by atoms with E-state index in [9.17, 15) is 4.79 Å². The molecule has 1 aliphatic heterocycles. The average molecular weight is 220 g/mol. The highest BCUT2D eigenvalue weighted by molar-refractivity contribution is 5.97. The molecule has 0 N–H and O–H groups in total. The number of carbonyl (C=O) groups is 1. The molecular weight excluding hydrogens is 204 g/mol. The van der Waals surface area contributed by atoms with Crippen molar-refractivity contribution >= 4 is 5.97 Å². The highest BCUT2D eigenvalue weighted by Crippen LogP contribution is 2.38. The number of benzene rings is 1. The summed E-state index contributed by atoms with van der Waals surface area (Å²) in [5.41, 5.74) is 1.57. The van der Waals surface area contributed by atoms with Gasteiger partial charge in [0.05, 0.1) is 7.11 Å². The second-order valence-electron chi connectivity index (χ2n) is 3.96. The zero-order valence-electron chi connectivity index (χ0n) is 9.66. The van der Waals surface area contributed by atoms with Gasteiger partial charge in [-0.3, -0.25) is 0 Å². The lowest BCUT2D eigenvalue weighted by Crippen LogP contribution is -1.99. The molecule has 1 heterocycles. The summed E-state index contributed by atoms with van der Waals surface area (Å²) in [6.45, 7) is 2.13. The van der Waals surface area contributed by atoms with Gasteiger partial charge in [-0.25, -0.2) is 4.79 Å². The van der Waals surface area contributed by atoms with Crippen molar-refractivity contribution in [2.45, 2.75) is 32.3 Å². The lowest BCUT2D eigenvalue weighted by atomic mass is 10.0. The minimum absolute atomic E-state index is 0.0856. The maximum absolute atomic E-state index is 11.7. The molecule has 1 aromatic carbocycles. The Balaban J connectivity index is 2.32. The minimum atomic E-state index is -0.256. The molecule has 86 valence electrons. The molecule has 2 rings (SSSR count). The van der Waals surface area contributed by atoms with E-state index >= 15 is 0 Å². The topological polar surface area (TPSA) is 35.5 Å². The van der Waals surface area contributed by atoms with Gasteiger partial charge in [0, 0.05) is 5.56 Å². The summed E-state index contributed by atoms with van der Waals surface area (Å²) in [4.78, 5) is 11.7. The molecule has 1 aliphatic rings. The second kappa shape index (κ2) is 4.56. The minimum Gasteiger partial charge on any atom is -0.496 e. The van der Waals surface area contributed by atoms with Crippen molar-refractivity contribution in [3.8, 4) is 5.75 Å². The third-order valence-corrected chi connectivity index (χ3v) is 2.90. The smallest absolute Gasteiger partial charge is 0.342 e. The summed E-state index contributed by atoms with van der Waals surface area (Å²) in [5, 5.41) is 0. The van der Waals surface area contributed by atoms with Gasteiger partial charge in [0.2, 0.25) is 0 Å². The standard InChI is InChI=1S/C13H16O3/c1-3-4-7-10-9-6-5-8-11(15-2)12(9)13(14)16-10/h5-6,8,10H,3-4,7H2,1-2H3/t10-/m0/s1. The second-order valence-corrected chi connectivity index (χ2v) is 3.96. The molecule has 0 amide bonds. The van der Waals surface area contributed by atoms with E-state index in [4.69, 9.17) is 9.47 Å². The van der Waals surface area contributed by atoms with Gasteiger partial charge in [0.25, 0.3) is 0 Å². The van der Waals surface area contributed by atoms with E-state index in [0.717, 1.165) is 24.8 Å². The average Bonchev–Trinajstić information content (AvgIpc) is 2.64. The van der Waals surface area contributed by atoms with Crippen LogP contribution in [0.1, 0.15) is 48.2 Å². The lowest BCUT2D eigenvalue weighted by molar-refractivity contribution is 0.0362. The van der Waals surface area contributed by atoms with E-state index < -0.39 is 0 Å². The van der Waals surface area contributed by atoms with E-state index in [1.54, 1.807) is 13.2 Å². The predicted molar refractivity (Wildman–Crippen MR) is 60.7 cm³/mol. The zero-order valence-corrected chi connectivity index (χ0v) is 9.66. The number of hydrogen-bond acceptors (Lipinski definition) is 3. The van der Waals surface area contributed by atoms with Crippen LogP contribution < -0.4 is 4.74 Å². The van der Waals surface area contributed by atoms with Gasteiger partial charge in [-0.15, -0.1) is 0 Å². The van der Waals surface area contributed by atoms with Gasteiger partial charge in [-0.1, -0.05) is 25.5 Å². The van der Waals surface area contributed by atoms with Crippen LogP contribution in [0, 0.1) is 0 Å². The molecule has 0 unspecified atom stereocenters. The Morgan fingerprint density at radius 3 is 2.94 bits per heavy atom. The Morgan fingerprint density at radius 1 is 1.44 bits per heavy atom. The SMILES string of the molecule is CCCC[C@@H]1OC(=O)c2c(OC)cccc21. The van der Waals surface area contributed by atoms with Crippen LogP contribution in [0.2, 0.25) is 0 Å². The number of ether oxygens (including phenoxy) is 2. The van der Waals surface area contributed by atoms with Crippen molar-refractivity contribution in [2.24, 2.45) is 0 Å². The van der Waals surface area contributed by atoms with Gasteiger partial charge >= 0.3 is 5.97 Å². The van der Waals surface area contributed by atoms with Gasteiger partial charge in [-0.05, 0) is 18.9 Å². The molecule has 16 heavy (non-hydrogen) atoms. The number of cyclic esters (lactones) is 1. The summed E-state index contributed by atoms with van der Waals surface area (Å²) in [6.07, 6.45) is 2.97. The number of methoxy groups -OCH3 is 1. The fourth-order valence-electron chi connectivity index (χ4n) is 2.06. The number of carbonyl (C=O) groups excluding carboxylic acids is 1. The molecule has 1 aromatic rings. The van der Waals surface area contributed by atoms with Crippen molar-refractivity contribution in [3.05, 3.63) is 29.3 Å². The molecule has 0 bridgehead atoms. The molecule has 0 radical (unpaired) electrons. The maximum atomic E-state index is 11.7. The van der Waals surface area contributed by atoms with Gasteiger partial charge in [0.15, 0.2) is 0 Å². The first-order valence-corrected chi connectivity index (χ1v) is 5.65. The molecule has 0 aliphatic carbocycles.